The van der Waals surface area contributed by atoms with Crippen LogP contribution in [-0.4, -0.2) is 5.54 Å². The average Bonchev–Trinajstić information content (AvgIpc) is 2.14. The van der Waals surface area contributed by atoms with Crippen LogP contribution in [-0.2, 0) is 0 Å². The first kappa shape index (κ1) is 17.8. The molecule has 0 spiro atoms. The predicted octanol–water partition coefficient (Wildman–Crippen LogP) is 4.69. The highest BCUT2D eigenvalue weighted by atomic mass is 79.9. The quantitative estimate of drug-likeness (QED) is 0.686. The molecular formula is C13H30BrN. The molecule has 15 heavy (non-hydrogen) atoms. The third-order valence-corrected chi connectivity index (χ3v) is 3.37. The number of rotatable bonds is 8. The minimum atomic E-state index is 0. The lowest BCUT2D eigenvalue weighted by Gasteiger charge is -2.37. The van der Waals surface area contributed by atoms with Gasteiger partial charge in [-0.2, -0.15) is 0 Å². The van der Waals surface area contributed by atoms with Crippen molar-refractivity contribution in [2.24, 2.45) is 11.7 Å². The zero-order valence-corrected chi connectivity index (χ0v) is 12.7. The molecule has 94 valence electrons. The molecule has 0 bridgehead atoms. The Kier molecular flexibility index (Phi) is 11.5. The van der Waals surface area contributed by atoms with Crippen LogP contribution in [0.15, 0.2) is 0 Å². The summed E-state index contributed by atoms with van der Waals surface area (Å²) < 4.78 is 0. The molecule has 0 aromatic carbocycles. The first-order valence-corrected chi connectivity index (χ1v) is 6.43. The third kappa shape index (κ3) is 5.91. The fraction of sp³-hybridized carbons (Fsp3) is 1.00. The van der Waals surface area contributed by atoms with Crippen molar-refractivity contribution in [1.82, 2.24) is 0 Å². The average molecular weight is 280 g/mol. The van der Waals surface area contributed by atoms with E-state index in [-0.39, 0.29) is 22.5 Å². The van der Waals surface area contributed by atoms with Gasteiger partial charge in [-0.25, -0.2) is 0 Å². The van der Waals surface area contributed by atoms with Gasteiger partial charge in [0.2, 0.25) is 0 Å². The molecule has 1 unspecified atom stereocenters. The summed E-state index contributed by atoms with van der Waals surface area (Å²) in [6.45, 7) is 9.04. The summed E-state index contributed by atoms with van der Waals surface area (Å²) in [6.07, 6.45) is 8.63. The Hall–Kier alpha value is 0.440. The van der Waals surface area contributed by atoms with Crippen LogP contribution in [0, 0.1) is 5.92 Å². The van der Waals surface area contributed by atoms with E-state index >= 15 is 0 Å². The first-order valence-electron chi connectivity index (χ1n) is 6.43. The Labute approximate surface area is 107 Å². The van der Waals surface area contributed by atoms with Crippen molar-refractivity contribution in [2.45, 2.75) is 78.2 Å². The van der Waals surface area contributed by atoms with Gasteiger partial charge in [-0.15, -0.1) is 17.0 Å². The fourth-order valence-corrected chi connectivity index (χ4v) is 2.71. The standard InChI is InChI=1S/C13H29N.BrH/c1-5-9-12(8-4)13(14,10-6-2)11-7-3;/h12H,5-11,14H2,1-4H3;1H. The molecule has 1 nitrogen and oxygen atoms in total. The number of hydrogen-bond donors (Lipinski definition) is 1. The highest BCUT2D eigenvalue weighted by molar-refractivity contribution is 8.93. The molecular weight excluding hydrogens is 250 g/mol. The molecule has 0 aliphatic heterocycles. The summed E-state index contributed by atoms with van der Waals surface area (Å²) in [5, 5.41) is 0. The molecule has 0 heterocycles. The van der Waals surface area contributed by atoms with Crippen LogP contribution in [0.2, 0.25) is 0 Å². The van der Waals surface area contributed by atoms with Crippen LogP contribution in [0.4, 0.5) is 0 Å². The molecule has 2 N–H and O–H groups in total. The van der Waals surface area contributed by atoms with Gasteiger partial charge >= 0.3 is 0 Å². The third-order valence-electron chi connectivity index (χ3n) is 3.37. The Morgan fingerprint density at radius 1 is 0.933 bits per heavy atom. The summed E-state index contributed by atoms with van der Waals surface area (Å²) in [6, 6.07) is 0. The lowest BCUT2D eigenvalue weighted by atomic mass is 9.74. The Morgan fingerprint density at radius 3 is 1.67 bits per heavy atom. The van der Waals surface area contributed by atoms with Crippen LogP contribution in [0.3, 0.4) is 0 Å². The maximum Gasteiger partial charge on any atom is 0.0182 e. The van der Waals surface area contributed by atoms with Gasteiger partial charge in [-0.3, -0.25) is 0 Å². The minimum Gasteiger partial charge on any atom is -0.325 e. The van der Waals surface area contributed by atoms with Crippen molar-refractivity contribution in [3.05, 3.63) is 0 Å². The maximum absolute atomic E-state index is 6.56. The Morgan fingerprint density at radius 2 is 1.40 bits per heavy atom. The van der Waals surface area contributed by atoms with E-state index in [1.54, 1.807) is 0 Å². The van der Waals surface area contributed by atoms with Gasteiger partial charge in [-0.1, -0.05) is 53.4 Å². The summed E-state index contributed by atoms with van der Waals surface area (Å²) in [5.74, 6) is 0.729. The van der Waals surface area contributed by atoms with Crippen molar-refractivity contribution < 1.29 is 0 Å². The van der Waals surface area contributed by atoms with Crippen molar-refractivity contribution >= 4 is 17.0 Å². The highest BCUT2D eigenvalue weighted by Gasteiger charge is 2.30. The summed E-state index contributed by atoms with van der Waals surface area (Å²) in [4.78, 5) is 0. The SMILES string of the molecule is Br.CCCC(CC)C(N)(CCC)CCC. The molecule has 0 aliphatic rings. The van der Waals surface area contributed by atoms with Gasteiger partial charge in [0, 0.05) is 5.54 Å². The zero-order chi connectivity index (χ0) is 11.0. The van der Waals surface area contributed by atoms with E-state index < -0.39 is 0 Å². The zero-order valence-electron chi connectivity index (χ0n) is 11.0. The van der Waals surface area contributed by atoms with E-state index in [4.69, 9.17) is 5.73 Å². The van der Waals surface area contributed by atoms with E-state index in [1.807, 2.05) is 0 Å². The highest BCUT2D eigenvalue weighted by Crippen LogP contribution is 2.31. The number of hydrogen-bond acceptors (Lipinski definition) is 1. The number of halogens is 1. The van der Waals surface area contributed by atoms with Crippen molar-refractivity contribution in [3.63, 3.8) is 0 Å². The predicted molar refractivity (Wildman–Crippen MR) is 75.7 cm³/mol. The Bertz CT molecular complexity index is 130. The molecule has 2 heteroatoms. The minimum absolute atomic E-state index is 0. The molecule has 1 atom stereocenters. The Balaban J connectivity index is 0. The smallest absolute Gasteiger partial charge is 0.0182 e. The van der Waals surface area contributed by atoms with Crippen LogP contribution >= 0.6 is 17.0 Å². The van der Waals surface area contributed by atoms with Crippen molar-refractivity contribution in [2.75, 3.05) is 0 Å². The fourth-order valence-electron chi connectivity index (χ4n) is 2.71. The van der Waals surface area contributed by atoms with E-state index in [2.05, 4.69) is 27.7 Å². The van der Waals surface area contributed by atoms with Crippen LogP contribution in [0.25, 0.3) is 0 Å². The number of nitrogens with two attached hydrogens (primary N) is 1. The molecule has 0 fully saturated rings. The molecule has 0 radical (unpaired) electrons. The van der Waals surface area contributed by atoms with E-state index in [0.29, 0.717) is 0 Å². The lowest BCUT2D eigenvalue weighted by Crippen LogP contribution is -2.46. The van der Waals surface area contributed by atoms with E-state index in [9.17, 15) is 0 Å². The van der Waals surface area contributed by atoms with Gasteiger partial charge in [0.15, 0.2) is 0 Å². The van der Waals surface area contributed by atoms with E-state index in [1.165, 1.54) is 44.9 Å². The van der Waals surface area contributed by atoms with Crippen LogP contribution in [0.5, 0.6) is 0 Å². The molecule has 0 saturated carbocycles. The molecule has 0 aromatic heterocycles. The van der Waals surface area contributed by atoms with Gasteiger partial charge in [0.25, 0.3) is 0 Å². The van der Waals surface area contributed by atoms with Crippen molar-refractivity contribution in [3.8, 4) is 0 Å². The normalized spacial score (nSPS) is 13.4. The molecule has 0 aromatic rings. The molecule has 0 saturated heterocycles. The lowest BCUT2D eigenvalue weighted by molar-refractivity contribution is 0.210. The summed E-state index contributed by atoms with van der Waals surface area (Å²) in [7, 11) is 0. The maximum atomic E-state index is 6.56. The van der Waals surface area contributed by atoms with Gasteiger partial charge < -0.3 is 5.73 Å². The van der Waals surface area contributed by atoms with Crippen LogP contribution in [0.1, 0.15) is 72.6 Å². The first-order chi connectivity index (χ1) is 6.64. The monoisotopic (exact) mass is 279 g/mol. The second kappa shape index (κ2) is 9.65. The second-order valence-electron chi connectivity index (χ2n) is 4.63. The molecule has 0 rings (SSSR count). The topological polar surface area (TPSA) is 26.0 Å². The molecule has 0 aliphatic carbocycles. The summed E-state index contributed by atoms with van der Waals surface area (Å²) in [5.41, 5.74) is 6.68. The van der Waals surface area contributed by atoms with E-state index in [0.717, 1.165) is 5.92 Å². The van der Waals surface area contributed by atoms with Gasteiger partial charge in [0.05, 0.1) is 0 Å². The van der Waals surface area contributed by atoms with Gasteiger partial charge in [0.1, 0.15) is 0 Å². The van der Waals surface area contributed by atoms with Crippen molar-refractivity contribution in [1.29, 1.82) is 0 Å². The molecule has 0 amide bonds. The summed E-state index contributed by atoms with van der Waals surface area (Å²) >= 11 is 0. The van der Waals surface area contributed by atoms with Crippen LogP contribution < -0.4 is 5.73 Å². The van der Waals surface area contributed by atoms with Gasteiger partial charge in [-0.05, 0) is 25.2 Å². The second-order valence-corrected chi connectivity index (χ2v) is 4.63. The largest absolute Gasteiger partial charge is 0.325 e.